The van der Waals surface area contributed by atoms with Crippen LogP contribution in [0.5, 0.6) is 0 Å². The van der Waals surface area contributed by atoms with Crippen molar-refractivity contribution < 1.29 is 27.8 Å². The third-order valence-electron chi connectivity index (χ3n) is 2.83. The maximum absolute atomic E-state index is 13.6. The molecule has 0 saturated carbocycles. The molecule has 21 heavy (non-hydrogen) atoms. The molecule has 0 fully saturated rings. The summed E-state index contributed by atoms with van der Waals surface area (Å²) < 4.78 is 35.9. The highest BCUT2D eigenvalue weighted by atomic mass is 19.1. The molecular weight excluding hydrogens is 284 g/mol. The van der Waals surface area contributed by atoms with E-state index in [0.717, 1.165) is 12.1 Å². The molecule has 0 atom stereocenters. The fraction of sp³-hybridized carbons (Fsp3) is 0.429. The first-order valence-electron chi connectivity index (χ1n) is 6.29. The van der Waals surface area contributed by atoms with Crippen molar-refractivity contribution in [1.82, 2.24) is 4.90 Å². The van der Waals surface area contributed by atoms with Crippen LogP contribution < -0.4 is 0 Å². The van der Waals surface area contributed by atoms with Crippen LogP contribution in [0.15, 0.2) is 18.2 Å². The lowest BCUT2D eigenvalue weighted by Gasteiger charge is -2.22. The molecule has 0 aliphatic carbocycles. The van der Waals surface area contributed by atoms with Crippen LogP contribution in [0.3, 0.4) is 0 Å². The van der Waals surface area contributed by atoms with E-state index < -0.39 is 23.5 Å². The standard InChI is InChI=1S/C14H17F2NO4/c1-20-8-7-17(6-5-13(18)21-2)14(19)11-4-3-10(15)9-12(11)16/h3-4,9H,5-8H2,1-2H3. The van der Waals surface area contributed by atoms with Crippen molar-refractivity contribution in [1.29, 1.82) is 0 Å². The number of hydrogen-bond acceptors (Lipinski definition) is 4. The highest BCUT2D eigenvalue weighted by molar-refractivity contribution is 5.94. The van der Waals surface area contributed by atoms with Crippen LogP contribution in [0, 0.1) is 11.6 Å². The van der Waals surface area contributed by atoms with Crippen molar-refractivity contribution >= 4 is 11.9 Å². The first kappa shape index (κ1) is 17.0. The van der Waals surface area contributed by atoms with E-state index in [4.69, 9.17) is 4.74 Å². The quantitative estimate of drug-likeness (QED) is 0.718. The Morgan fingerprint density at radius 1 is 1.19 bits per heavy atom. The third kappa shape index (κ3) is 5.11. The Labute approximate surface area is 121 Å². The number of carbonyl (C=O) groups is 2. The Hall–Kier alpha value is -2.02. The average molecular weight is 301 g/mol. The van der Waals surface area contributed by atoms with Gasteiger partial charge >= 0.3 is 5.97 Å². The summed E-state index contributed by atoms with van der Waals surface area (Å²) in [5, 5.41) is 0. The number of esters is 1. The van der Waals surface area contributed by atoms with Gasteiger partial charge in [0.05, 0.1) is 25.7 Å². The number of amides is 1. The van der Waals surface area contributed by atoms with Crippen molar-refractivity contribution in [3.8, 4) is 0 Å². The largest absolute Gasteiger partial charge is 0.469 e. The lowest BCUT2D eigenvalue weighted by molar-refractivity contribution is -0.140. The molecule has 0 aliphatic rings. The summed E-state index contributed by atoms with van der Waals surface area (Å²) in [6.07, 6.45) is -0.0191. The predicted octanol–water partition coefficient (Wildman–Crippen LogP) is 1.62. The zero-order chi connectivity index (χ0) is 15.8. The molecule has 0 bridgehead atoms. The number of carbonyl (C=O) groups excluding carboxylic acids is 2. The van der Waals surface area contributed by atoms with Crippen molar-refractivity contribution in [3.63, 3.8) is 0 Å². The maximum atomic E-state index is 13.6. The minimum absolute atomic E-state index is 0.0191. The van der Waals surface area contributed by atoms with Crippen LogP contribution in [-0.2, 0) is 14.3 Å². The third-order valence-corrected chi connectivity index (χ3v) is 2.83. The highest BCUT2D eigenvalue weighted by Gasteiger charge is 2.20. The summed E-state index contributed by atoms with van der Waals surface area (Å²) in [6.45, 7) is 0.477. The van der Waals surface area contributed by atoms with Gasteiger partial charge in [-0.1, -0.05) is 0 Å². The first-order chi connectivity index (χ1) is 9.99. The fourth-order valence-electron chi connectivity index (χ4n) is 1.68. The van der Waals surface area contributed by atoms with Gasteiger partial charge in [0, 0.05) is 26.3 Å². The molecule has 7 heteroatoms. The number of hydrogen-bond donors (Lipinski definition) is 0. The van der Waals surface area contributed by atoms with Gasteiger partial charge in [0.25, 0.3) is 5.91 Å². The van der Waals surface area contributed by atoms with Gasteiger partial charge in [-0.3, -0.25) is 9.59 Å². The number of rotatable bonds is 7. The van der Waals surface area contributed by atoms with Gasteiger partial charge in [-0.2, -0.15) is 0 Å². The Morgan fingerprint density at radius 3 is 2.48 bits per heavy atom. The second-order valence-electron chi connectivity index (χ2n) is 4.24. The number of halogens is 2. The molecule has 0 aromatic heterocycles. The second-order valence-corrected chi connectivity index (χ2v) is 4.24. The Bertz CT molecular complexity index is 508. The zero-order valence-corrected chi connectivity index (χ0v) is 11.9. The van der Waals surface area contributed by atoms with Gasteiger partial charge < -0.3 is 14.4 Å². The molecule has 1 rings (SSSR count). The van der Waals surface area contributed by atoms with Gasteiger partial charge in [0.2, 0.25) is 0 Å². The summed E-state index contributed by atoms with van der Waals surface area (Å²) in [7, 11) is 2.70. The zero-order valence-electron chi connectivity index (χ0n) is 11.9. The molecule has 5 nitrogen and oxygen atoms in total. The van der Waals surface area contributed by atoms with E-state index in [1.165, 1.54) is 19.1 Å². The van der Waals surface area contributed by atoms with Gasteiger partial charge in [-0.05, 0) is 12.1 Å². The molecule has 0 heterocycles. The predicted molar refractivity (Wildman–Crippen MR) is 70.8 cm³/mol. The minimum atomic E-state index is -0.944. The van der Waals surface area contributed by atoms with Gasteiger partial charge in [0.1, 0.15) is 11.6 Å². The normalized spacial score (nSPS) is 10.3. The van der Waals surface area contributed by atoms with Crippen LogP contribution in [-0.4, -0.2) is 50.7 Å². The van der Waals surface area contributed by atoms with Crippen molar-refractivity contribution in [2.75, 3.05) is 33.9 Å². The number of nitrogens with zero attached hydrogens (tertiary/aromatic N) is 1. The Morgan fingerprint density at radius 2 is 1.90 bits per heavy atom. The summed E-state index contributed by atoms with van der Waals surface area (Å²) in [6, 6.07) is 2.72. The number of benzene rings is 1. The smallest absolute Gasteiger partial charge is 0.307 e. The first-order valence-corrected chi connectivity index (χ1v) is 6.29. The average Bonchev–Trinajstić information content (AvgIpc) is 2.46. The van der Waals surface area contributed by atoms with Gasteiger partial charge in [-0.15, -0.1) is 0 Å². The van der Waals surface area contributed by atoms with Crippen LogP contribution >= 0.6 is 0 Å². The summed E-state index contributed by atoms with van der Waals surface area (Å²) in [5.74, 6) is -2.82. The monoisotopic (exact) mass is 301 g/mol. The molecule has 1 amide bonds. The molecule has 0 unspecified atom stereocenters. The molecule has 116 valence electrons. The molecular formula is C14H17F2NO4. The van der Waals surface area contributed by atoms with E-state index in [1.807, 2.05) is 0 Å². The van der Waals surface area contributed by atoms with E-state index in [2.05, 4.69) is 4.74 Å². The summed E-state index contributed by atoms with van der Waals surface area (Å²) in [5.41, 5.74) is -0.252. The van der Waals surface area contributed by atoms with E-state index in [1.54, 1.807) is 0 Å². The van der Waals surface area contributed by atoms with E-state index >= 15 is 0 Å². The number of ether oxygens (including phenoxy) is 2. The van der Waals surface area contributed by atoms with E-state index in [9.17, 15) is 18.4 Å². The number of methoxy groups -OCH3 is 2. The van der Waals surface area contributed by atoms with Crippen LogP contribution in [0.4, 0.5) is 8.78 Å². The molecule has 1 aromatic carbocycles. The fourth-order valence-corrected chi connectivity index (χ4v) is 1.68. The molecule has 0 N–H and O–H groups in total. The molecule has 0 spiro atoms. The molecule has 0 radical (unpaired) electrons. The Balaban J connectivity index is 2.85. The molecule has 1 aromatic rings. The lowest BCUT2D eigenvalue weighted by atomic mass is 10.1. The maximum Gasteiger partial charge on any atom is 0.307 e. The van der Waals surface area contributed by atoms with Crippen LogP contribution in [0.25, 0.3) is 0 Å². The Kier molecular flexibility index (Phi) is 6.74. The van der Waals surface area contributed by atoms with Gasteiger partial charge in [0.15, 0.2) is 0 Å². The summed E-state index contributed by atoms with van der Waals surface area (Å²) in [4.78, 5) is 24.6. The van der Waals surface area contributed by atoms with Crippen LogP contribution in [0.2, 0.25) is 0 Å². The SMILES string of the molecule is COCCN(CCC(=O)OC)C(=O)c1ccc(F)cc1F. The van der Waals surface area contributed by atoms with E-state index in [0.29, 0.717) is 6.07 Å². The highest BCUT2D eigenvalue weighted by Crippen LogP contribution is 2.13. The molecule has 0 aliphatic heterocycles. The van der Waals surface area contributed by atoms with Crippen molar-refractivity contribution in [2.45, 2.75) is 6.42 Å². The topological polar surface area (TPSA) is 55.8 Å². The minimum Gasteiger partial charge on any atom is -0.469 e. The molecule has 0 saturated heterocycles. The second kappa shape index (κ2) is 8.31. The lowest BCUT2D eigenvalue weighted by Crippen LogP contribution is -2.36. The van der Waals surface area contributed by atoms with Crippen molar-refractivity contribution in [3.05, 3.63) is 35.4 Å². The van der Waals surface area contributed by atoms with Gasteiger partial charge in [-0.25, -0.2) is 8.78 Å². The summed E-state index contributed by atoms with van der Waals surface area (Å²) >= 11 is 0. The van der Waals surface area contributed by atoms with Crippen LogP contribution in [0.1, 0.15) is 16.8 Å². The van der Waals surface area contributed by atoms with E-state index in [-0.39, 0.29) is 31.7 Å². The van der Waals surface area contributed by atoms with Crippen molar-refractivity contribution in [2.24, 2.45) is 0 Å².